The zero-order valence-electron chi connectivity index (χ0n) is 14.4. The summed E-state index contributed by atoms with van der Waals surface area (Å²) in [6, 6.07) is 8.35. The van der Waals surface area contributed by atoms with Crippen molar-refractivity contribution in [1.82, 2.24) is 5.32 Å². The van der Waals surface area contributed by atoms with E-state index in [-0.39, 0.29) is 6.10 Å². The summed E-state index contributed by atoms with van der Waals surface area (Å²) in [4.78, 5) is 0. The molecular formula is C19H31NO. The molecule has 0 aromatic heterocycles. The van der Waals surface area contributed by atoms with Crippen LogP contribution in [0.5, 0.6) is 5.75 Å². The predicted molar refractivity (Wildman–Crippen MR) is 92.7 cm³/mol. The van der Waals surface area contributed by atoms with Crippen LogP contribution < -0.4 is 10.1 Å². The smallest absolute Gasteiger partial charge is 0.119 e. The first-order valence-electron chi connectivity index (χ1n) is 8.06. The highest BCUT2D eigenvalue weighted by Crippen LogP contribution is 2.18. The van der Waals surface area contributed by atoms with Gasteiger partial charge in [-0.2, -0.15) is 0 Å². The molecule has 0 aliphatic carbocycles. The first-order valence-corrected chi connectivity index (χ1v) is 8.06. The van der Waals surface area contributed by atoms with Crippen molar-refractivity contribution in [2.24, 2.45) is 11.8 Å². The highest BCUT2D eigenvalue weighted by Gasteiger charge is 2.04. The summed E-state index contributed by atoms with van der Waals surface area (Å²) in [6.45, 7) is 15.1. The Balaban J connectivity index is 2.71. The van der Waals surface area contributed by atoms with Gasteiger partial charge in [-0.25, -0.2) is 0 Å². The predicted octanol–water partition coefficient (Wildman–Crippen LogP) is 4.76. The quantitative estimate of drug-likeness (QED) is 0.745. The lowest BCUT2D eigenvalue weighted by molar-refractivity contribution is 0.242. The summed E-state index contributed by atoms with van der Waals surface area (Å²) in [5.41, 5.74) is 2.68. The zero-order valence-corrected chi connectivity index (χ0v) is 14.4. The van der Waals surface area contributed by atoms with E-state index in [1.165, 1.54) is 11.1 Å². The molecule has 0 amide bonds. The molecule has 0 radical (unpaired) electrons. The maximum atomic E-state index is 5.68. The van der Waals surface area contributed by atoms with Crippen molar-refractivity contribution >= 4 is 6.08 Å². The Morgan fingerprint density at radius 3 is 2.14 bits per heavy atom. The van der Waals surface area contributed by atoms with Crippen LogP contribution in [0.4, 0.5) is 0 Å². The van der Waals surface area contributed by atoms with Gasteiger partial charge in [0.1, 0.15) is 5.75 Å². The van der Waals surface area contributed by atoms with Gasteiger partial charge in [-0.1, -0.05) is 51.5 Å². The molecule has 0 heterocycles. The number of ether oxygens (including phenoxy) is 1. The van der Waals surface area contributed by atoms with Crippen molar-refractivity contribution in [3.8, 4) is 5.75 Å². The molecule has 0 bridgehead atoms. The van der Waals surface area contributed by atoms with Crippen LogP contribution in [0.25, 0.3) is 6.08 Å². The van der Waals surface area contributed by atoms with Crippen molar-refractivity contribution in [1.29, 1.82) is 0 Å². The zero-order chi connectivity index (χ0) is 15.8. The van der Waals surface area contributed by atoms with E-state index in [1.54, 1.807) is 0 Å². The van der Waals surface area contributed by atoms with Crippen LogP contribution in [0.2, 0.25) is 0 Å². The highest BCUT2D eigenvalue weighted by atomic mass is 16.5. The van der Waals surface area contributed by atoms with Gasteiger partial charge in [0, 0.05) is 6.54 Å². The molecular weight excluding hydrogens is 258 g/mol. The Kier molecular flexibility index (Phi) is 7.52. The standard InChI is InChI=1S/C19H31NO/c1-14(2)12-20-13-18(15(3)4)11-17-7-9-19(10-8-17)21-16(5)6/h7-11,14-16,20H,12-13H2,1-6H3. The summed E-state index contributed by atoms with van der Waals surface area (Å²) < 4.78 is 5.68. The van der Waals surface area contributed by atoms with Crippen molar-refractivity contribution < 1.29 is 4.74 Å². The van der Waals surface area contributed by atoms with E-state index in [0.717, 1.165) is 18.8 Å². The minimum absolute atomic E-state index is 0.220. The average molecular weight is 289 g/mol. The second-order valence-electron chi connectivity index (χ2n) is 6.63. The second-order valence-corrected chi connectivity index (χ2v) is 6.63. The summed E-state index contributed by atoms with van der Waals surface area (Å²) in [5, 5.41) is 3.53. The van der Waals surface area contributed by atoms with Gasteiger partial charge in [0.2, 0.25) is 0 Å². The molecule has 0 aliphatic heterocycles. The molecule has 1 aromatic carbocycles. The molecule has 0 saturated carbocycles. The SMILES string of the molecule is CC(C)CNCC(=Cc1ccc(OC(C)C)cc1)C(C)C. The molecule has 1 N–H and O–H groups in total. The topological polar surface area (TPSA) is 21.3 Å². The highest BCUT2D eigenvalue weighted by molar-refractivity contribution is 5.54. The number of nitrogens with one attached hydrogen (secondary N) is 1. The maximum Gasteiger partial charge on any atom is 0.119 e. The summed E-state index contributed by atoms with van der Waals surface area (Å²) >= 11 is 0. The molecule has 2 nitrogen and oxygen atoms in total. The molecule has 1 rings (SSSR count). The Labute approximate surface area is 130 Å². The van der Waals surface area contributed by atoms with E-state index in [4.69, 9.17) is 4.74 Å². The third-order valence-corrected chi connectivity index (χ3v) is 3.23. The van der Waals surface area contributed by atoms with Gasteiger partial charge in [0.25, 0.3) is 0 Å². The first-order chi connectivity index (χ1) is 9.88. The maximum absolute atomic E-state index is 5.68. The van der Waals surface area contributed by atoms with Crippen LogP contribution in [0, 0.1) is 11.8 Å². The lowest BCUT2D eigenvalue weighted by Crippen LogP contribution is -2.23. The van der Waals surface area contributed by atoms with E-state index < -0.39 is 0 Å². The van der Waals surface area contributed by atoms with Gasteiger partial charge in [0.05, 0.1) is 6.10 Å². The van der Waals surface area contributed by atoms with Crippen LogP contribution >= 0.6 is 0 Å². The van der Waals surface area contributed by atoms with E-state index in [1.807, 2.05) is 26.0 Å². The van der Waals surface area contributed by atoms with Crippen molar-refractivity contribution in [2.45, 2.75) is 47.6 Å². The third kappa shape index (κ3) is 7.33. The molecule has 0 saturated heterocycles. The van der Waals surface area contributed by atoms with E-state index in [9.17, 15) is 0 Å². The normalized spacial score (nSPS) is 12.5. The van der Waals surface area contributed by atoms with Crippen molar-refractivity contribution in [2.75, 3.05) is 13.1 Å². The molecule has 0 atom stereocenters. The molecule has 0 unspecified atom stereocenters. The van der Waals surface area contributed by atoms with Crippen LogP contribution in [-0.4, -0.2) is 19.2 Å². The van der Waals surface area contributed by atoms with Gasteiger partial charge < -0.3 is 10.1 Å². The first kappa shape index (κ1) is 17.8. The largest absolute Gasteiger partial charge is 0.491 e. The number of hydrogen-bond acceptors (Lipinski definition) is 2. The number of rotatable bonds is 8. The lowest BCUT2D eigenvalue weighted by atomic mass is 10.00. The van der Waals surface area contributed by atoms with Crippen LogP contribution in [0.15, 0.2) is 29.8 Å². The fraction of sp³-hybridized carbons (Fsp3) is 0.579. The summed E-state index contributed by atoms with van der Waals surface area (Å²) in [7, 11) is 0. The van der Waals surface area contributed by atoms with Crippen molar-refractivity contribution in [3.63, 3.8) is 0 Å². The van der Waals surface area contributed by atoms with Gasteiger partial charge in [0.15, 0.2) is 0 Å². The van der Waals surface area contributed by atoms with Crippen LogP contribution in [0.1, 0.15) is 47.1 Å². The summed E-state index contributed by atoms with van der Waals surface area (Å²) in [6.07, 6.45) is 2.51. The molecule has 0 aliphatic rings. The fourth-order valence-corrected chi connectivity index (χ4v) is 2.06. The number of hydrogen-bond donors (Lipinski definition) is 1. The minimum Gasteiger partial charge on any atom is -0.491 e. The molecule has 0 fully saturated rings. The van der Waals surface area contributed by atoms with Gasteiger partial charge in [-0.05, 0) is 49.9 Å². The molecule has 118 valence electrons. The van der Waals surface area contributed by atoms with Crippen LogP contribution in [-0.2, 0) is 0 Å². The lowest BCUT2D eigenvalue weighted by Gasteiger charge is -2.14. The van der Waals surface area contributed by atoms with Gasteiger partial charge in [-0.15, -0.1) is 0 Å². The Morgan fingerprint density at radius 1 is 1.05 bits per heavy atom. The minimum atomic E-state index is 0.220. The Morgan fingerprint density at radius 2 is 1.67 bits per heavy atom. The third-order valence-electron chi connectivity index (χ3n) is 3.23. The molecule has 21 heavy (non-hydrogen) atoms. The van der Waals surface area contributed by atoms with E-state index >= 15 is 0 Å². The Hall–Kier alpha value is -1.28. The van der Waals surface area contributed by atoms with E-state index in [2.05, 4.69) is 51.2 Å². The Bertz CT molecular complexity index is 429. The van der Waals surface area contributed by atoms with E-state index in [0.29, 0.717) is 11.8 Å². The average Bonchev–Trinajstić information content (AvgIpc) is 2.38. The molecule has 1 aromatic rings. The molecule has 0 spiro atoms. The monoisotopic (exact) mass is 289 g/mol. The second kappa shape index (κ2) is 8.89. The fourth-order valence-electron chi connectivity index (χ4n) is 2.06. The van der Waals surface area contributed by atoms with Gasteiger partial charge >= 0.3 is 0 Å². The van der Waals surface area contributed by atoms with Crippen LogP contribution in [0.3, 0.4) is 0 Å². The van der Waals surface area contributed by atoms with Crippen molar-refractivity contribution in [3.05, 3.63) is 35.4 Å². The summed E-state index contributed by atoms with van der Waals surface area (Å²) in [5.74, 6) is 2.17. The van der Waals surface area contributed by atoms with Gasteiger partial charge in [-0.3, -0.25) is 0 Å². The molecule has 2 heteroatoms. The number of benzene rings is 1.